The molecule has 0 fully saturated rings. The molecule has 2 aliphatic rings. The lowest BCUT2D eigenvalue weighted by Gasteiger charge is -2.25. The van der Waals surface area contributed by atoms with E-state index in [1.54, 1.807) is 6.08 Å². The van der Waals surface area contributed by atoms with Crippen LogP contribution in [0.4, 0.5) is 0 Å². The number of rotatable bonds is 0. The summed E-state index contributed by atoms with van der Waals surface area (Å²) in [5.41, 5.74) is 0. The highest BCUT2D eigenvalue weighted by molar-refractivity contribution is 6.42. The second kappa shape index (κ2) is 6.91. The Bertz CT molecular complexity index is 441. The van der Waals surface area contributed by atoms with Crippen LogP contribution in [0, 0.1) is 0 Å². The van der Waals surface area contributed by atoms with E-state index < -0.39 is 4.87 Å². The maximum Gasteiger partial charge on any atom is 0.0916 e. The Labute approximate surface area is 139 Å². The Kier molecular flexibility index (Phi) is 6.35. The zero-order valence-corrected chi connectivity index (χ0v) is 14.4. The average Bonchev–Trinajstić information content (AvgIpc) is 2.31. The van der Waals surface area contributed by atoms with E-state index in [9.17, 15) is 0 Å². The highest BCUT2D eigenvalue weighted by Crippen LogP contribution is 2.35. The van der Waals surface area contributed by atoms with Crippen LogP contribution in [0.15, 0.2) is 46.5 Å². The SMILES string of the molecule is CC1(Cl)C=CC(Cl)=CC1.CC1(Cl)C=CC=C(Cl)C1Cl. The molecular weight excluding hydrogens is 345 g/mol. The van der Waals surface area contributed by atoms with Gasteiger partial charge in [0, 0.05) is 10.1 Å². The zero-order valence-electron chi connectivity index (χ0n) is 10.6. The average molecular weight is 361 g/mol. The van der Waals surface area contributed by atoms with Gasteiger partial charge in [-0.2, -0.15) is 0 Å². The van der Waals surface area contributed by atoms with Crippen molar-refractivity contribution in [2.45, 2.75) is 35.4 Å². The molecule has 0 saturated carbocycles. The van der Waals surface area contributed by atoms with Crippen molar-refractivity contribution in [1.82, 2.24) is 0 Å². The van der Waals surface area contributed by atoms with E-state index in [2.05, 4.69) is 0 Å². The number of allylic oxidation sites excluding steroid dienone is 8. The molecule has 3 atom stereocenters. The fourth-order valence-electron chi connectivity index (χ4n) is 1.45. The molecule has 3 unspecified atom stereocenters. The fourth-order valence-corrected chi connectivity index (χ4v) is 2.42. The number of alkyl halides is 3. The first-order valence-electron chi connectivity index (χ1n) is 5.76. The van der Waals surface area contributed by atoms with Gasteiger partial charge in [-0.1, -0.05) is 47.5 Å². The maximum atomic E-state index is 5.97. The van der Waals surface area contributed by atoms with Crippen LogP contribution in [0.2, 0.25) is 0 Å². The predicted octanol–water partition coefficient (Wildman–Crippen LogP) is 6.35. The molecule has 0 aromatic carbocycles. The molecule has 2 rings (SSSR count). The zero-order chi connectivity index (χ0) is 14.7. The van der Waals surface area contributed by atoms with E-state index in [-0.39, 0.29) is 10.3 Å². The lowest BCUT2D eigenvalue weighted by atomic mass is 10.0. The summed E-state index contributed by atoms with van der Waals surface area (Å²) >= 11 is 29.2. The second-order valence-corrected chi connectivity index (χ2v) is 7.82. The van der Waals surface area contributed by atoms with E-state index >= 15 is 0 Å². The van der Waals surface area contributed by atoms with Gasteiger partial charge >= 0.3 is 0 Å². The summed E-state index contributed by atoms with van der Waals surface area (Å²) < 4.78 is 0. The summed E-state index contributed by atoms with van der Waals surface area (Å²) in [6.07, 6.45) is 11.9. The number of hydrogen-bond donors (Lipinski definition) is 0. The molecule has 19 heavy (non-hydrogen) atoms. The van der Waals surface area contributed by atoms with Crippen LogP contribution in [0.1, 0.15) is 20.3 Å². The van der Waals surface area contributed by atoms with Gasteiger partial charge in [-0.3, -0.25) is 0 Å². The summed E-state index contributed by atoms with van der Waals surface area (Å²) in [5, 5.41) is 1.08. The van der Waals surface area contributed by atoms with Crippen LogP contribution >= 0.6 is 58.0 Å². The van der Waals surface area contributed by atoms with Gasteiger partial charge in [-0.25, -0.2) is 0 Å². The van der Waals surface area contributed by atoms with Crippen molar-refractivity contribution in [3.8, 4) is 0 Å². The first-order chi connectivity index (χ1) is 8.64. The molecule has 0 bridgehead atoms. The van der Waals surface area contributed by atoms with Crippen molar-refractivity contribution in [3.05, 3.63) is 46.5 Å². The summed E-state index contributed by atoms with van der Waals surface area (Å²) in [7, 11) is 0. The molecule has 0 aromatic rings. The van der Waals surface area contributed by atoms with Crippen LogP contribution in [0.3, 0.4) is 0 Å². The van der Waals surface area contributed by atoms with Crippen molar-refractivity contribution in [2.75, 3.05) is 0 Å². The van der Waals surface area contributed by atoms with Gasteiger partial charge < -0.3 is 0 Å². The molecule has 0 heterocycles. The molecule has 0 spiro atoms. The molecule has 0 N–H and O–H groups in total. The third kappa shape index (κ3) is 5.73. The summed E-state index contributed by atoms with van der Waals surface area (Å²) in [6.45, 7) is 3.79. The predicted molar refractivity (Wildman–Crippen MR) is 88.9 cm³/mol. The highest BCUT2D eigenvalue weighted by Gasteiger charge is 2.31. The smallest absolute Gasteiger partial charge is 0.0916 e. The molecular formula is C14H15Cl5. The summed E-state index contributed by atoms with van der Waals surface area (Å²) in [5.74, 6) is 0. The largest absolute Gasteiger partial charge is 0.115 e. The highest BCUT2D eigenvalue weighted by atomic mass is 35.5. The minimum atomic E-state index is -0.534. The second-order valence-electron chi connectivity index (χ2n) is 4.83. The van der Waals surface area contributed by atoms with Gasteiger partial charge in [-0.15, -0.1) is 34.8 Å². The van der Waals surface area contributed by atoms with Gasteiger partial charge in [0.15, 0.2) is 0 Å². The van der Waals surface area contributed by atoms with Crippen LogP contribution in [-0.2, 0) is 0 Å². The Morgan fingerprint density at radius 3 is 2.16 bits per heavy atom. The summed E-state index contributed by atoms with van der Waals surface area (Å²) in [6, 6.07) is 0. The third-order valence-corrected chi connectivity index (χ3v) is 4.86. The van der Waals surface area contributed by atoms with Crippen LogP contribution in [0.5, 0.6) is 0 Å². The maximum absolute atomic E-state index is 5.97. The van der Waals surface area contributed by atoms with Gasteiger partial charge in [-0.05, 0) is 32.4 Å². The molecule has 2 aliphatic carbocycles. The van der Waals surface area contributed by atoms with E-state index in [0.29, 0.717) is 5.03 Å². The van der Waals surface area contributed by atoms with Crippen molar-refractivity contribution < 1.29 is 0 Å². The van der Waals surface area contributed by atoms with E-state index in [0.717, 1.165) is 11.5 Å². The number of hydrogen-bond acceptors (Lipinski definition) is 0. The molecule has 106 valence electrons. The van der Waals surface area contributed by atoms with Gasteiger partial charge in [0.2, 0.25) is 0 Å². The molecule has 0 radical (unpaired) electrons. The minimum Gasteiger partial charge on any atom is -0.115 e. The van der Waals surface area contributed by atoms with Crippen LogP contribution in [0.25, 0.3) is 0 Å². The van der Waals surface area contributed by atoms with Gasteiger partial charge in [0.25, 0.3) is 0 Å². The van der Waals surface area contributed by atoms with Crippen molar-refractivity contribution in [3.63, 3.8) is 0 Å². The Morgan fingerprint density at radius 2 is 1.79 bits per heavy atom. The monoisotopic (exact) mass is 358 g/mol. The van der Waals surface area contributed by atoms with Gasteiger partial charge in [0.1, 0.15) is 0 Å². The molecule has 0 amide bonds. The van der Waals surface area contributed by atoms with E-state index in [1.165, 1.54) is 0 Å². The first kappa shape index (κ1) is 17.5. The molecule has 0 aromatic heterocycles. The fraction of sp³-hybridized carbons (Fsp3) is 0.429. The standard InChI is InChI=1S/C7H7Cl3.C7H8Cl2/c1-7(10)4-2-3-5(8)6(7)9;1-7(9)4-2-6(8)3-5-7/h2-4,6H,1H3;2-4H,5H2,1H3. The van der Waals surface area contributed by atoms with Crippen LogP contribution < -0.4 is 0 Å². The van der Waals surface area contributed by atoms with Crippen molar-refractivity contribution >= 4 is 58.0 Å². The minimum absolute atomic E-state index is 0.210. The summed E-state index contributed by atoms with van der Waals surface area (Å²) in [4.78, 5) is -0.744. The van der Waals surface area contributed by atoms with Crippen molar-refractivity contribution in [2.24, 2.45) is 0 Å². The topological polar surface area (TPSA) is 0 Å². The quantitative estimate of drug-likeness (QED) is 0.442. The third-order valence-electron chi connectivity index (χ3n) is 2.70. The van der Waals surface area contributed by atoms with E-state index in [4.69, 9.17) is 58.0 Å². The number of halogens is 5. The normalized spacial score (nSPS) is 37.1. The van der Waals surface area contributed by atoms with Gasteiger partial charge in [0.05, 0.1) is 15.1 Å². The Hall–Kier alpha value is 0.410. The van der Waals surface area contributed by atoms with Crippen LogP contribution in [-0.4, -0.2) is 15.1 Å². The molecule has 0 saturated heterocycles. The molecule has 5 heteroatoms. The first-order valence-corrected chi connectivity index (χ1v) is 7.70. The Morgan fingerprint density at radius 1 is 1.16 bits per heavy atom. The lowest BCUT2D eigenvalue weighted by molar-refractivity contribution is 0.781. The van der Waals surface area contributed by atoms with E-state index in [1.807, 2.05) is 44.2 Å². The Balaban J connectivity index is 0.000000191. The molecule has 0 aliphatic heterocycles. The lowest BCUT2D eigenvalue weighted by Crippen LogP contribution is -2.28. The molecule has 0 nitrogen and oxygen atoms in total. The van der Waals surface area contributed by atoms with Crippen molar-refractivity contribution in [1.29, 1.82) is 0 Å².